The summed E-state index contributed by atoms with van der Waals surface area (Å²) in [5.41, 5.74) is 3.51. The summed E-state index contributed by atoms with van der Waals surface area (Å²) in [7, 11) is 0. The second-order valence-corrected chi connectivity index (χ2v) is 11.0. The minimum Gasteiger partial charge on any atom is -0.460 e. The number of hydrogen-bond acceptors (Lipinski definition) is 6. The van der Waals surface area contributed by atoms with Crippen molar-refractivity contribution in [1.29, 1.82) is 0 Å². The van der Waals surface area contributed by atoms with E-state index in [9.17, 15) is 9.59 Å². The van der Waals surface area contributed by atoms with Crippen molar-refractivity contribution >= 4 is 66.4 Å². The number of aryl methyl sites for hydroxylation is 1. The molecule has 0 atom stereocenters. The lowest BCUT2D eigenvalue weighted by molar-refractivity contribution is 0.0500. The Balaban J connectivity index is 0.000000358. The van der Waals surface area contributed by atoms with Gasteiger partial charge < -0.3 is 19.0 Å². The Hall–Kier alpha value is -2.51. The molecule has 4 aromatic rings. The van der Waals surface area contributed by atoms with Gasteiger partial charge in [0, 0.05) is 27.3 Å². The molecule has 0 radical (unpaired) electrons. The quantitative estimate of drug-likeness (QED) is 0.114. The monoisotopic (exact) mass is 788 g/mol. The van der Waals surface area contributed by atoms with E-state index < -0.39 is 5.97 Å². The standard InChI is InChI=1S/C14H15BrN2O2.C12H11BrN2O2.C2H5I.CH4/c1-3-17-9-12(10-5-7-11(15)8-6-10)16-13(17)14(18)19-4-2;1-2-17-12(16)11-14-7-10(15-11)8-3-5-9(13)6-4-8;1-2-3;/h5-9H,3-4H2,1-2H3;3-7H,2H2,1H3,(H,14,15);2H2,1H3;1H4. The van der Waals surface area contributed by atoms with Gasteiger partial charge in [-0.1, -0.05) is 93.1 Å². The number of carbonyl (C=O) groups is 2. The number of nitrogens with zero attached hydrogens (tertiary/aromatic N) is 3. The Morgan fingerprint density at radius 1 is 0.875 bits per heavy atom. The van der Waals surface area contributed by atoms with Crippen LogP contribution < -0.4 is 0 Å². The summed E-state index contributed by atoms with van der Waals surface area (Å²) in [5.74, 6) is -0.240. The second kappa shape index (κ2) is 18.8. The third-order valence-electron chi connectivity index (χ3n) is 4.92. The number of ether oxygens (including phenoxy) is 2. The topological polar surface area (TPSA) is 99.1 Å². The first-order valence-electron chi connectivity index (χ1n) is 12.3. The molecule has 0 spiro atoms. The highest BCUT2D eigenvalue weighted by molar-refractivity contribution is 14.1. The number of carbonyl (C=O) groups excluding carboxylic acids is 2. The Morgan fingerprint density at radius 2 is 1.38 bits per heavy atom. The largest absolute Gasteiger partial charge is 0.460 e. The number of aromatic nitrogens is 4. The average Bonchev–Trinajstić information content (AvgIpc) is 3.59. The molecule has 0 amide bonds. The van der Waals surface area contributed by atoms with E-state index in [1.165, 1.54) is 4.43 Å². The SMILES string of the molecule is C.CCI.CCOC(=O)c1nc(-c2ccc(Br)cc2)cn1CC.CCOC(=O)c1ncc(-c2ccc(Br)cc2)[nH]1. The van der Waals surface area contributed by atoms with Crippen molar-refractivity contribution in [3.63, 3.8) is 0 Å². The van der Waals surface area contributed by atoms with E-state index in [2.05, 4.69) is 76.3 Å². The van der Waals surface area contributed by atoms with Crippen molar-refractivity contribution in [3.05, 3.63) is 81.5 Å². The molecule has 11 heteroatoms. The maximum Gasteiger partial charge on any atom is 0.374 e. The number of nitrogens with one attached hydrogen (secondary N) is 1. The molecule has 2 aromatic heterocycles. The molecule has 0 saturated carbocycles. The number of hydrogen-bond donors (Lipinski definition) is 1. The van der Waals surface area contributed by atoms with E-state index in [1.54, 1.807) is 24.6 Å². The maximum atomic E-state index is 11.8. The van der Waals surface area contributed by atoms with Gasteiger partial charge in [-0.05, 0) is 55.0 Å². The smallest absolute Gasteiger partial charge is 0.374 e. The number of imidazole rings is 2. The zero-order valence-electron chi connectivity index (χ0n) is 22.2. The van der Waals surface area contributed by atoms with Gasteiger partial charge in [-0.15, -0.1) is 0 Å². The minimum atomic E-state index is -0.434. The predicted molar refractivity (Wildman–Crippen MR) is 176 cm³/mol. The van der Waals surface area contributed by atoms with Crippen molar-refractivity contribution < 1.29 is 19.1 Å². The highest BCUT2D eigenvalue weighted by Gasteiger charge is 2.17. The van der Waals surface area contributed by atoms with Gasteiger partial charge in [0.15, 0.2) is 0 Å². The van der Waals surface area contributed by atoms with E-state index in [-0.39, 0.29) is 19.2 Å². The van der Waals surface area contributed by atoms with Crippen molar-refractivity contribution in [2.45, 2.75) is 41.7 Å². The number of rotatable bonds is 7. The normalized spacial score (nSPS) is 9.78. The summed E-state index contributed by atoms with van der Waals surface area (Å²) in [5, 5.41) is 0. The highest BCUT2D eigenvalue weighted by atomic mass is 127. The van der Waals surface area contributed by atoms with Crippen molar-refractivity contribution in [2.75, 3.05) is 17.6 Å². The fourth-order valence-electron chi connectivity index (χ4n) is 3.18. The van der Waals surface area contributed by atoms with Crippen LogP contribution in [-0.2, 0) is 16.0 Å². The van der Waals surface area contributed by atoms with Crippen LogP contribution in [0.1, 0.15) is 56.4 Å². The van der Waals surface area contributed by atoms with E-state index in [0.29, 0.717) is 25.6 Å². The first-order chi connectivity index (χ1) is 18.8. The zero-order valence-corrected chi connectivity index (χ0v) is 27.5. The average molecular weight is 790 g/mol. The molecule has 1 N–H and O–H groups in total. The second-order valence-electron chi connectivity index (χ2n) is 7.60. The van der Waals surface area contributed by atoms with Crippen LogP contribution >= 0.6 is 54.5 Å². The van der Waals surface area contributed by atoms with Crippen LogP contribution in [0.2, 0.25) is 0 Å². The molecular weight excluding hydrogens is 755 g/mol. The van der Waals surface area contributed by atoms with Gasteiger partial charge in [0.05, 0.1) is 30.8 Å². The Labute approximate surface area is 266 Å². The van der Waals surface area contributed by atoms with Gasteiger partial charge in [-0.25, -0.2) is 19.6 Å². The van der Waals surface area contributed by atoms with Crippen molar-refractivity contribution in [3.8, 4) is 22.5 Å². The molecule has 0 aliphatic rings. The third-order valence-corrected chi connectivity index (χ3v) is 5.97. The Kier molecular flexibility index (Phi) is 16.7. The molecule has 0 unspecified atom stereocenters. The van der Waals surface area contributed by atoms with Crippen LogP contribution in [0.3, 0.4) is 0 Å². The molecule has 4 rings (SSSR count). The van der Waals surface area contributed by atoms with E-state index >= 15 is 0 Å². The maximum absolute atomic E-state index is 11.8. The lowest BCUT2D eigenvalue weighted by Gasteiger charge is -2.02. The van der Waals surface area contributed by atoms with Gasteiger partial charge in [0.1, 0.15) is 0 Å². The van der Waals surface area contributed by atoms with Gasteiger partial charge >= 0.3 is 11.9 Å². The van der Waals surface area contributed by atoms with E-state index in [4.69, 9.17) is 9.47 Å². The summed E-state index contributed by atoms with van der Waals surface area (Å²) < 4.78 is 14.9. The summed E-state index contributed by atoms with van der Waals surface area (Å²) >= 11 is 9.05. The minimum absolute atomic E-state index is 0. The van der Waals surface area contributed by atoms with E-state index in [0.717, 1.165) is 31.5 Å². The number of esters is 2. The number of H-pyrrole nitrogens is 1. The Bertz CT molecular complexity index is 1320. The van der Waals surface area contributed by atoms with Gasteiger partial charge in [-0.2, -0.15) is 0 Å². The van der Waals surface area contributed by atoms with Gasteiger partial charge in [0.25, 0.3) is 0 Å². The van der Waals surface area contributed by atoms with Crippen molar-refractivity contribution in [2.24, 2.45) is 0 Å². The summed E-state index contributed by atoms with van der Waals surface area (Å²) in [6, 6.07) is 15.6. The van der Waals surface area contributed by atoms with Gasteiger partial charge in [-0.3, -0.25) is 0 Å². The predicted octanol–water partition coefficient (Wildman–Crippen LogP) is 8.60. The fraction of sp³-hybridized carbons (Fsp3) is 0.310. The van der Waals surface area contributed by atoms with E-state index in [1.807, 2.05) is 61.7 Å². The molecule has 0 aliphatic heterocycles. The first kappa shape index (κ1) is 35.5. The van der Waals surface area contributed by atoms with Crippen LogP contribution in [0, 0.1) is 0 Å². The zero-order chi connectivity index (χ0) is 28.8. The molecule has 0 aliphatic carbocycles. The third kappa shape index (κ3) is 10.8. The molecule has 2 heterocycles. The highest BCUT2D eigenvalue weighted by Crippen LogP contribution is 2.22. The number of alkyl halides is 1. The number of halogens is 3. The molecule has 40 heavy (non-hydrogen) atoms. The van der Waals surface area contributed by atoms with Crippen LogP contribution in [0.25, 0.3) is 22.5 Å². The molecule has 2 aromatic carbocycles. The number of aromatic amines is 1. The van der Waals surface area contributed by atoms with Gasteiger partial charge in [0.2, 0.25) is 11.6 Å². The fourth-order valence-corrected chi connectivity index (χ4v) is 3.70. The van der Waals surface area contributed by atoms with Crippen LogP contribution in [0.15, 0.2) is 69.9 Å². The van der Waals surface area contributed by atoms with Crippen molar-refractivity contribution in [1.82, 2.24) is 19.5 Å². The summed E-state index contributed by atoms with van der Waals surface area (Å²) in [4.78, 5) is 34.5. The number of benzene rings is 2. The Morgan fingerprint density at radius 3 is 1.88 bits per heavy atom. The molecule has 0 saturated heterocycles. The first-order valence-corrected chi connectivity index (χ1v) is 15.4. The molecule has 0 fully saturated rings. The molecule has 8 nitrogen and oxygen atoms in total. The lowest BCUT2D eigenvalue weighted by atomic mass is 10.2. The lowest BCUT2D eigenvalue weighted by Crippen LogP contribution is -2.12. The van der Waals surface area contributed by atoms with Crippen LogP contribution in [-0.4, -0.2) is 49.1 Å². The molecule has 216 valence electrons. The summed E-state index contributed by atoms with van der Waals surface area (Å²) in [6.07, 6.45) is 3.49. The van der Waals surface area contributed by atoms with Crippen LogP contribution in [0.5, 0.6) is 0 Å². The summed E-state index contributed by atoms with van der Waals surface area (Å²) in [6.45, 7) is 8.99. The van der Waals surface area contributed by atoms with Crippen LogP contribution in [0.4, 0.5) is 0 Å². The molecule has 0 bridgehead atoms. The molecular formula is C29H35Br2IN4O4.